The summed E-state index contributed by atoms with van der Waals surface area (Å²) in [6.45, 7) is 6.02. The van der Waals surface area contributed by atoms with Gasteiger partial charge in [0, 0.05) is 26.1 Å². The lowest BCUT2D eigenvalue weighted by atomic mass is 9.83. The molecule has 1 aliphatic rings. The van der Waals surface area contributed by atoms with Crippen molar-refractivity contribution in [2.75, 3.05) is 19.6 Å². The van der Waals surface area contributed by atoms with Gasteiger partial charge in [-0.25, -0.2) is 0 Å². The minimum absolute atomic E-state index is 0.143. The van der Waals surface area contributed by atoms with Crippen LogP contribution >= 0.6 is 0 Å². The van der Waals surface area contributed by atoms with Crippen LogP contribution in [0.1, 0.15) is 20.3 Å². The average Bonchev–Trinajstić information content (AvgIpc) is 2.08. The van der Waals surface area contributed by atoms with Crippen LogP contribution in [0.15, 0.2) is 0 Å². The fourth-order valence-electron chi connectivity index (χ4n) is 1.24. The highest BCUT2D eigenvalue weighted by atomic mass is 16.2. The first kappa shape index (κ1) is 10.1. The zero-order chi connectivity index (χ0) is 9.73. The van der Waals surface area contributed by atoms with Gasteiger partial charge in [-0.3, -0.25) is 4.79 Å². The van der Waals surface area contributed by atoms with E-state index < -0.39 is 0 Å². The highest BCUT2D eigenvalue weighted by molar-refractivity contribution is 5.83. The molecule has 3 heteroatoms. The molecular formula is C10H16N2O. The first-order valence-electron chi connectivity index (χ1n) is 4.58. The largest absolute Gasteiger partial charge is 0.355 e. The molecule has 0 aromatic rings. The lowest BCUT2D eigenvalue weighted by molar-refractivity contribution is -0.132. The molecule has 2 N–H and O–H groups in total. The van der Waals surface area contributed by atoms with Crippen LogP contribution in [0.2, 0.25) is 0 Å². The van der Waals surface area contributed by atoms with Crippen LogP contribution in [-0.4, -0.2) is 25.5 Å². The molecule has 0 aliphatic carbocycles. The third kappa shape index (κ3) is 2.46. The van der Waals surface area contributed by atoms with Gasteiger partial charge in [-0.1, -0.05) is 0 Å². The summed E-state index contributed by atoms with van der Waals surface area (Å²) >= 11 is 0. The van der Waals surface area contributed by atoms with E-state index in [9.17, 15) is 4.79 Å². The highest BCUT2D eigenvalue weighted by Crippen LogP contribution is 2.20. The molecule has 1 heterocycles. The summed E-state index contributed by atoms with van der Waals surface area (Å²) in [7, 11) is 0. The van der Waals surface area contributed by atoms with Gasteiger partial charge in [0.2, 0.25) is 5.91 Å². The molecule has 1 fully saturated rings. The molecule has 0 atom stereocenters. The first-order chi connectivity index (χ1) is 6.19. The predicted molar refractivity (Wildman–Crippen MR) is 52.1 cm³/mol. The number of carbonyl (C=O) groups excluding carboxylic acids is 1. The Bertz CT molecular complexity index is 245. The standard InChI is InChI=1S/C10H16N2O/c1-3-4-5-6-12-9(13)10(2)7-11-8-10/h11H,5-8H2,1-2H3,(H,12,13). The van der Waals surface area contributed by atoms with Gasteiger partial charge < -0.3 is 10.6 Å². The monoisotopic (exact) mass is 180 g/mol. The highest BCUT2D eigenvalue weighted by Gasteiger charge is 2.38. The lowest BCUT2D eigenvalue weighted by Crippen LogP contribution is -2.59. The Morgan fingerprint density at radius 1 is 1.62 bits per heavy atom. The second-order valence-corrected chi connectivity index (χ2v) is 3.60. The second-order valence-electron chi connectivity index (χ2n) is 3.60. The number of nitrogens with one attached hydrogen (secondary N) is 2. The lowest BCUT2D eigenvalue weighted by Gasteiger charge is -2.37. The van der Waals surface area contributed by atoms with Crippen molar-refractivity contribution in [3.05, 3.63) is 0 Å². The van der Waals surface area contributed by atoms with E-state index in [4.69, 9.17) is 0 Å². The van der Waals surface area contributed by atoms with E-state index in [1.54, 1.807) is 6.92 Å². The van der Waals surface area contributed by atoms with E-state index in [2.05, 4.69) is 22.5 Å². The summed E-state index contributed by atoms with van der Waals surface area (Å²) in [5.41, 5.74) is -0.181. The average molecular weight is 180 g/mol. The second kappa shape index (κ2) is 4.29. The van der Waals surface area contributed by atoms with Gasteiger partial charge in [-0.2, -0.15) is 0 Å². The van der Waals surface area contributed by atoms with Crippen LogP contribution < -0.4 is 10.6 Å². The van der Waals surface area contributed by atoms with Crippen molar-refractivity contribution in [1.82, 2.24) is 10.6 Å². The van der Waals surface area contributed by atoms with Crippen molar-refractivity contribution < 1.29 is 4.79 Å². The van der Waals surface area contributed by atoms with E-state index in [1.165, 1.54) is 0 Å². The van der Waals surface area contributed by atoms with E-state index in [-0.39, 0.29) is 11.3 Å². The Hall–Kier alpha value is -1.01. The number of hydrogen-bond acceptors (Lipinski definition) is 2. The molecule has 3 nitrogen and oxygen atoms in total. The molecule has 72 valence electrons. The van der Waals surface area contributed by atoms with E-state index >= 15 is 0 Å². The summed E-state index contributed by atoms with van der Waals surface area (Å²) in [6, 6.07) is 0. The summed E-state index contributed by atoms with van der Waals surface area (Å²) in [5.74, 6) is 5.85. The normalized spacial score (nSPS) is 18.0. The van der Waals surface area contributed by atoms with Gasteiger partial charge in [0.15, 0.2) is 0 Å². The van der Waals surface area contributed by atoms with Crippen molar-refractivity contribution in [2.24, 2.45) is 5.41 Å². The quantitative estimate of drug-likeness (QED) is 0.478. The molecule has 0 aromatic heterocycles. The third-order valence-electron chi connectivity index (χ3n) is 2.29. The molecule has 1 rings (SSSR count). The number of rotatable bonds is 3. The third-order valence-corrected chi connectivity index (χ3v) is 2.29. The van der Waals surface area contributed by atoms with Gasteiger partial charge in [0.05, 0.1) is 5.41 Å². The molecule has 13 heavy (non-hydrogen) atoms. The Labute approximate surface area is 79.3 Å². The van der Waals surface area contributed by atoms with Crippen LogP contribution in [0.5, 0.6) is 0 Å². The summed E-state index contributed by atoms with van der Waals surface area (Å²) < 4.78 is 0. The molecule has 1 saturated heterocycles. The van der Waals surface area contributed by atoms with Crippen LogP contribution in [0.4, 0.5) is 0 Å². The van der Waals surface area contributed by atoms with Gasteiger partial charge in [-0.05, 0) is 13.8 Å². The molecule has 0 radical (unpaired) electrons. The fourth-order valence-corrected chi connectivity index (χ4v) is 1.24. The molecule has 0 spiro atoms. The van der Waals surface area contributed by atoms with E-state index in [0.29, 0.717) is 6.54 Å². The molecule has 0 unspecified atom stereocenters. The van der Waals surface area contributed by atoms with Crippen LogP contribution in [0.3, 0.4) is 0 Å². The smallest absolute Gasteiger partial charge is 0.228 e. The molecule has 1 amide bonds. The van der Waals surface area contributed by atoms with Crippen molar-refractivity contribution in [1.29, 1.82) is 0 Å². The fraction of sp³-hybridized carbons (Fsp3) is 0.700. The maximum absolute atomic E-state index is 11.5. The molecular weight excluding hydrogens is 164 g/mol. The SMILES string of the molecule is CC#CCCNC(=O)C1(C)CNC1. The van der Waals surface area contributed by atoms with E-state index in [1.807, 2.05) is 6.92 Å². The Morgan fingerprint density at radius 2 is 2.31 bits per heavy atom. The molecule has 0 bridgehead atoms. The number of carbonyl (C=O) groups is 1. The Balaban J connectivity index is 2.20. The van der Waals surface area contributed by atoms with Crippen molar-refractivity contribution in [2.45, 2.75) is 20.3 Å². The zero-order valence-corrected chi connectivity index (χ0v) is 8.24. The number of hydrogen-bond donors (Lipinski definition) is 2. The summed E-state index contributed by atoms with van der Waals surface area (Å²) in [6.07, 6.45) is 0.742. The summed E-state index contributed by atoms with van der Waals surface area (Å²) in [4.78, 5) is 11.5. The minimum atomic E-state index is -0.181. The van der Waals surface area contributed by atoms with Crippen LogP contribution in [0, 0.1) is 17.3 Å². The van der Waals surface area contributed by atoms with Crippen LogP contribution in [0.25, 0.3) is 0 Å². The Kier molecular flexibility index (Phi) is 3.32. The van der Waals surface area contributed by atoms with Crippen molar-refractivity contribution in [3.63, 3.8) is 0 Å². The first-order valence-corrected chi connectivity index (χ1v) is 4.58. The van der Waals surface area contributed by atoms with Crippen molar-refractivity contribution >= 4 is 5.91 Å². The van der Waals surface area contributed by atoms with Crippen molar-refractivity contribution in [3.8, 4) is 11.8 Å². The Morgan fingerprint density at radius 3 is 2.77 bits per heavy atom. The molecule has 0 saturated carbocycles. The maximum atomic E-state index is 11.5. The molecule has 0 aromatic carbocycles. The van der Waals surface area contributed by atoms with Gasteiger partial charge in [0.25, 0.3) is 0 Å². The maximum Gasteiger partial charge on any atom is 0.228 e. The van der Waals surface area contributed by atoms with Gasteiger partial charge in [-0.15, -0.1) is 11.8 Å². The van der Waals surface area contributed by atoms with Gasteiger partial charge >= 0.3 is 0 Å². The van der Waals surface area contributed by atoms with Gasteiger partial charge in [0.1, 0.15) is 0 Å². The summed E-state index contributed by atoms with van der Waals surface area (Å²) in [5, 5.41) is 5.97. The topological polar surface area (TPSA) is 41.1 Å². The van der Waals surface area contributed by atoms with E-state index in [0.717, 1.165) is 19.5 Å². The minimum Gasteiger partial charge on any atom is -0.355 e. The molecule has 1 aliphatic heterocycles. The number of amides is 1. The van der Waals surface area contributed by atoms with Crippen LogP contribution in [-0.2, 0) is 4.79 Å². The zero-order valence-electron chi connectivity index (χ0n) is 8.24. The predicted octanol–water partition coefficient (Wildman–Crippen LogP) is 0.126.